The lowest BCUT2D eigenvalue weighted by molar-refractivity contribution is -0.384. The molecule has 0 atom stereocenters. The summed E-state index contributed by atoms with van der Waals surface area (Å²) in [6.45, 7) is 5.70. The molecule has 0 fully saturated rings. The maximum atomic E-state index is 12.8. The highest BCUT2D eigenvalue weighted by molar-refractivity contribution is 7.92. The van der Waals surface area contributed by atoms with Crippen molar-refractivity contribution in [2.45, 2.75) is 25.7 Å². The van der Waals surface area contributed by atoms with E-state index >= 15 is 0 Å². The molecule has 3 aromatic carbocycles. The van der Waals surface area contributed by atoms with Crippen LogP contribution in [0.5, 0.6) is 0 Å². The van der Waals surface area contributed by atoms with Gasteiger partial charge in [-0.15, -0.1) is 0 Å². The highest BCUT2D eigenvalue weighted by Crippen LogP contribution is 2.26. The molecule has 0 spiro atoms. The molecule has 8 heteroatoms. The number of rotatable bonds is 6. The van der Waals surface area contributed by atoms with Crippen molar-refractivity contribution < 1.29 is 13.3 Å². The van der Waals surface area contributed by atoms with Gasteiger partial charge in [0.15, 0.2) is 0 Å². The largest absolute Gasteiger partial charge is 0.279 e. The standard InChI is InChI=1S/C22H21N3O4S/c1-15-12-16(2)22(17(3)13-15)24-30(28,29)21-10-6-19(7-11-21)23-14-18-4-8-20(9-5-18)25(26)27/h4-14,24H,1-3H3. The van der Waals surface area contributed by atoms with Crippen LogP contribution in [0, 0.1) is 30.9 Å². The molecule has 0 aromatic heterocycles. The molecule has 0 unspecified atom stereocenters. The van der Waals surface area contributed by atoms with Crippen LogP contribution >= 0.6 is 0 Å². The smallest absolute Gasteiger partial charge is 0.269 e. The Balaban J connectivity index is 1.77. The van der Waals surface area contributed by atoms with E-state index < -0.39 is 14.9 Å². The molecule has 7 nitrogen and oxygen atoms in total. The molecule has 0 saturated heterocycles. The maximum absolute atomic E-state index is 12.8. The zero-order valence-corrected chi connectivity index (χ0v) is 17.6. The molecule has 0 bridgehead atoms. The van der Waals surface area contributed by atoms with E-state index in [1.807, 2.05) is 32.9 Å². The quantitative estimate of drug-likeness (QED) is 0.340. The number of hydrogen-bond donors (Lipinski definition) is 1. The van der Waals surface area contributed by atoms with Crippen molar-refractivity contribution in [1.29, 1.82) is 0 Å². The Bertz CT molecular complexity index is 1190. The van der Waals surface area contributed by atoms with Gasteiger partial charge in [-0.2, -0.15) is 0 Å². The minimum Gasteiger partial charge on any atom is -0.279 e. The molecule has 0 saturated carbocycles. The van der Waals surface area contributed by atoms with Crippen LogP contribution in [0.1, 0.15) is 22.3 Å². The summed E-state index contributed by atoms with van der Waals surface area (Å²) in [7, 11) is -3.73. The van der Waals surface area contributed by atoms with E-state index in [-0.39, 0.29) is 10.6 Å². The van der Waals surface area contributed by atoms with E-state index in [1.54, 1.807) is 30.5 Å². The summed E-state index contributed by atoms with van der Waals surface area (Å²) in [6.07, 6.45) is 1.56. The molecule has 30 heavy (non-hydrogen) atoms. The Labute approximate surface area is 175 Å². The molecule has 0 heterocycles. The Morgan fingerprint density at radius 1 is 0.933 bits per heavy atom. The molecule has 154 valence electrons. The topological polar surface area (TPSA) is 102 Å². The van der Waals surface area contributed by atoms with Gasteiger partial charge in [-0.25, -0.2) is 8.42 Å². The zero-order chi connectivity index (χ0) is 21.9. The number of anilines is 1. The minimum absolute atomic E-state index is 0.00765. The van der Waals surface area contributed by atoms with Gasteiger partial charge in [0.2, 0.25) is 0 Å². The fourth-order valence-electron chi connectivity index (χ4n) is 3.08. The number of nitro benzene ring substituents is 1. The lowest BCUT2D eigenvalue weighted by Crippen LogP contribution is -2.14. The maximum Gasteiger partial charge on any atom is 0.269 e. The molecule has 0 aliphatic rings. The fourth-order valence-corrected chi connectivity index (χ4v) is 4.28. The van der Waals surface area contributed by atoms with Crippen molar-refractivity contribution in [3.63, 3.8) is 0 Å². The van der Waals surface area contributed by atoms with E-state index in [2.05, 4.69) is 9.71 Å². The van der Waals surface area contributed by atoms with E-state index in [4.69, 9.17) is 0 Å². The van der Waals surface area contributed by atoms with E-state index in [0.29, 0.717) is 16.9 Å². The summed E-state index contributed by atoms with van der Waals surface area (Å²) in [4.78, 5) is 14.6. The summed E-state index contributed by atoms with van der Waals surface area (Å²) >= 11 is 0. The van der Waals surface area contributed by atoms with Gasteiger partial charge in [0, 0.05) is 18.3 Å². The van der Waals surface area contributed by atoms with E-state index in [9.17, 15) is 18.5 Å². The van der Waals surface area contributed by atoms with Gasteiger partial charge >= 0.3 is 0 Å². The molecule has 3 rings (SSSR count). The van der Waals surface area contributed by atoms with E-state index in [0.717, 1.165) is 16.7 Å². The average Bonchev–Trinajstić information content (AvgIpc) is 2.70. The first-order chi connectivity index (χ1) is 14.2. The number of aryl methyl sites for hydroxylation is 3. The summed E-state index contributed by atoms with van der Waals surface area (Å²) in [6, 6.07) is 16.0. The number of sulfonamides is 1. The predicted molar refractivity (Wildman–Crippen MR) is 118 cm³/mol. The number of nitrogens with zero attached hydrogens (tertiary/aromatic N) is 2. The van der Waals surface area contributed by atoms with Crippen LogP contribution in [0.2, 0.25) is 0 Å². The van der Waals surface area contributed by atoms with Crippen LogP contribution in [0.25, 0.3) is 0 Å². The van der Waals surface area contributed by atoms with Gasteiger partial charge in [0.05, 0.1) is 21.2 Å². The van der Waals surface area contributed by atoms with Crippen molar-refractivity contribution in [2.24, 2.45) is 4.99 Å². The van der Waals surface area contributed by atoms with Crippen LogP contribution in [0.4, 0.5) is 17.1 Å². The summed E-state index contributed by atoms with van der Waals surface area (Å²) in [5.41, 5.74) is 4.65. The van der Waals surface area contributed by atoms with Crippen LogP contribution in [0.3, 0.4) is 0 Å². The molecule has 0 radical (unpaired) electrons. The highest BCUT2D eigenvalue weighted by Gasteiger charge is 2.16. The van der Waals surface area contributed by atoms with Gasteiger partial charge < -0.3 is 0 Å². The zero-order valence-electron chi connectivity index (χ0n) is 16.8. The number of aliphatic imine (C=N–C) groups is 1. The Hall–Kier alpha value is -3.52. The molecular weight excluding hydrogens is 402 g/mol. The summed E-state index contributed by atoms with van der Waals surface area (Å²) < 4.78 is 28.2. The van der Waals surface area contributed by atoms with Gasteiger partial charge in [-0.05, 0) is 73.9 Å². The average molecular weight is 423 g/mol. The normalized spacial score (nSPS) is 11.6. The molecule has 0 aliphatic carbocycles. The lowest BCUT2D eigenvalue weighted by Gasteiger charge is -2.14. The number of nitro groups is 1. The molecule has 3 aromatic rings. The molecule has 0 aliphatic heterocycles. The van der Waals surface area contributed by atoms with Crippen LogP contribution in [0.15, 0.2) is 70.6 Å². The first-order valence-corrected chi connectivity index (χ1v) is 10.6. The third-order valence-electron chi connectivity index (χ3n) is 4.53. The van der Waals surface area contributed by atoms with Gasteiger partial charge in [-0.1, -0.05) is 17.7 Å². The van der Waals surface area contributed by atoms with Crippen molar-refractivity contribution in [2.75, 3.05) is 4.72 Å². The van der Waals surface area contributed by atoms with Gasteiger partial charge in [-0.3, -0.25) is 19.8 Å². The Morgan fingerprint density at radius 2 is 1.50 bits per heavy atom. The number of nitrogens with one attached hydrogen (secondary N) is 1. The third-order valence-corrected chi connectivity index (χ3v) is 5.89. The second kappa shape index (κ2) is 8.46. The molecule has 1 N–H and O–H groups in total. The van der Waals surface area contributed by atoms with Crippen molar-refractivity contribution in [3.05, 3.63) is 93.0 Å². The molecule has 0 amide bonds. The number of non-ortho nitro benzene ring substituents is 1. The van der Waals surface area contributed by atoms with Crippen molar-refractivity contribution >= 4 is 33.3 Å². The van der Waals surface area contributed by atoms with Crippen LogP contribution in [-0.4, -0.2) is 19.6 Å². The summed E-state index contributed by atoms with van der Waals surface area (Å²) in [5.74, 6) is 0. The van der Waals surface area contributed by atoms with Crippen molar-refractivity contribution in [3.8, 4) is 0 Å². The Morgan fingerprint density at radius 3 is 2.03 bits per heavy atom. The first-order valence-electron chi connectivity index (χ1n) is 9.15. The number of hydrogen-bond acceptors (Lipinski definition) is 5. The van der Waals surface area contributed by atoms with Crippen LogP contribution < -0.4 is 4.72 Å². The van der Waals surface area contributed by atoms with Gasteiger partial charge in [0.1, 0.15) is 0 Å². The summed E-state index contributed by atoms with van der Waals surface area (Å²) in [5, 5.41) is 10.7. The predicted octanol–water partition coefficient (Wildman–Crippen LogP) is 5.07. The third kappa shape index (κ3) is 4.90. The Kier molecular flexibility index (Phi) is 5.98. The van der Waals surface area contributed by atoms with Gasteiger partial charge in [0.25, 0.3) is 15.7 Å². The minimum atomic E-state index is -3.73. The second-order valence-electron chi connectivity index (χ2n) is 6.98. The fraction of sp³-hybridized carbons (Fsp3) is 0.136. The lowest BCUT2D eigenvalue weighted by atomic mass is 10.1. The van der Waals surface area contributed by atoms with E-state index in [1.165, 1.54) is 24.3 Å². The first kappa shape index (κ1) is 21.2. The monoisotopic (exact) mass is 423 g/mol. The molecular formula is C22H21N3O4S. The highest BCUT2D eigenvalue weighted by atomic mass is 32.2. The SMILES string of the molecule is Cc1cc(C)c(NS(=O)(=O)c2ccc(N=Cc3ccc([N+](=O)[O-])cc3)cc2)c(C)c1. The second-order valence-corrected chi connectivity index (χ2v) is 8.66. The number of benzene rings is 3. The van der Waals surface area contributed by atoms with Crippen molar-refractivity contribution in [1.82, 2.24) is 0 Å². The van der Waals surface area contributed by atoms with Crippen LogP contribution in [-0.2, 0) is 10.0 Å².